The fourth-order valence-electron chi connectivity index (χ4n) is 4.61. The molecule has 6 rings (SSSR count). The van der Waals surface area contributed by atoms with Crippen molar-refractivity contribution < 1.29 is 14.3 Å². The monoisotopic (exact) mass is 483 g/mol. The van der Waals surface area contributed by atoms with Crippen molar-refractivity contribution in [1.29, 1.82) is 0 Å². The van der Waals surface area contributed by atoms with Crippen molar-refractivity contribution in [2.75, 3.05) is 43.2 Å². The Hall–Kier alpha value is -4.53. The van der Waals surface area contributed by atoms with Crippen LogP contribution in [-0.4, -0.2) is 53.5 Å². The molecule has 9 nitrogen and oxygen atoms in total. The number of hydrogen-bond donors (Lipinski definition) is 1. The number of benzene rings is 3. The predicted molar refractivity (Wildman–Crippen MR) is 137 cm³/mol. The summed E-state index contributed by atoms with van der Waals surface area (Å²) in [6.07, 6.45) is 0. The topological polar surface area (TPSA) is 88.9 Å². The molecule has 1 N–H and O–H groups in total. The van der Waals surface area contributed by atoms with Crippen LogP contribution in [0.4, 0.5) is 16.3 Å². The maximum atomic E-state index is 13.6. The number of carbonyl (C=O) groups is 1. The molecule has 3 aromatic carbocycles. The van der Waals surface area contributed by atoms with Crippen LogP contribution >= 0.6 is 0 Å². The van der Waals surface area contributed by atoms with Crippen LogP contribution in [0.25, 0.3) is 11.0 Å². The number of amides is 2. The third-order valence-electron chi connectivity index (χ3n) is 6.51. The third kappa shape index (κ3) is 4.19. The quantitative estimate of drug-likeness (QED) is 0.478. The van der Waals surface area contributed by atoms with Gasteiger partial charge in [-0.2, -0.15) is 0 Å². The molecule has 182 valence electrons. The number of aromatic nitrogens is 2. The molecule has 2 amide bonds. The van der Waals surface area contributed by atoms with E-state index in [-0.39, 0.29) is 18.4 Å². The molecule has 3 heterocycles. The van der Waals surface area contributed by atoms with E-state index in [1.54, 1.807) is 27.7 Å². The molecule has 0 unspecified atom stereocenters. The summed E-state index contributed by atoms with van der Waals surface area (Å²) in [7, 11) is 0. The summed E-state index contributed by atoms with van der Waals surface area (Å²) in [6.45, 7) is 2.63. The second-order valence-corrected chi connectivity index (χ2v) is 8.77. The number of nitrogens with zero attached hydrogens (tertiary/aromatic N) is 4. The first-order valence-corrected chi connectivity index (χ1v) is 11.9. The van der Waals surface area contributed by atoms with Gasteiger partial charge in [-0.25, -0.2) is 9.78 Å². The van der Waals surface area contributed by atoms with Gasteiger partial charge in [-0.15, -0.1) is 0 Å². The number of piperazine rings is 1. The molecular formula is C27H25N5O4. The van der Waals surface area contributed by atoms with E-state index in [4.69, 9.17) is 14.5 Å². The zero-order valence-corrected chi connectivity index (χ0v) is 19.6. The van der Waals surface area contributed by atoms with Gasteiger partial charge in [0.2, 0.25) is 6.79 Å². The Morgan fingerprint density at radius 3 is 2.47 bits per heavy atom. The molecule has 0 saturated carbocycles. The zero-order chi connectivity index (χ0) is 24.5. The first kappa shape index (κ1) is 22.0. The van der Waals surface area contributed by atoms with Gasteiger partial charge in [0.15, 0.2) is 17.3 Å². The second-order valence-electron chi connectivity index (χ2n) is 8.77. The Bertz CT molecular complexity index is 1480. The van der Waals surface area contributed by atoms with Crippen LogP contribution in [0.5, 0.6) is 11.5 Å². The summed E-state index contributed by atoms with van der Waals surface area (Å²) >= 11 is 0. The van der Waals surface area contributed by atoms with Crippen LogP contribution in [0, 0.1) is 0 Å². The van der Waals surface area contributed by atoms with Gasteiger partial charge in [-0.05, 0) is 29.8 Å². The number of ether oxygens (including phenoxy) is 2. The SMILES string of the molecule is O=C(Nc1ccc2c(c1)OCO2)N1CCN(c2nc3ccccc3n(Cc3ccccc3)c2=O)CC1. The maximum Gasteiger partial charge on any atom is 0.321 e. The van der Waals surface area contributed by atoms with E-state index in [0.29, 0.717) is 55.7 Å². The number of fused-ring (bicyclic) bond motifs is 2. The van der Waals surface area contributed by atoms with Crippen LogP contribution in [0.2, 0.25) is 0 Å². The van der Waals surface area contributed by atoms with Crippen LogP contribution < -0.4 is 25.2 Å². The largest absolute Gasteiger partial charge is 0.454 e. The second kappa shape index (κ2) is 9.26. The molecule has 9 heteroatoms. The lowest BCUT2D eigenvalue weighted by molar-refractivity contribution is 0.174. The average Bonchev–Trinajstić information content (AvgIpc) is 3.39. The molecule has 4 aromatic rings. The number of carbonyl (C=O) groups excluding carboxylic acids is 1. The fraction of sp³-hybridized carbons (Fsp3) is 0.222. The van der Waals surface area contributed by atoms with Crippen molar-refractivity contribution in [3.8, 4) is 11.5 Å². The van der Waals surface area contributed by atoms with E-state index in [1.807, 2.05) is 59.5 Å². The van der Waals surface area contributed by atoms with E-state index >= 15 is 0 Å². The first-order valence-electron chi connectivity index (χ1n) is 11.9. The van der Waals surface area contributed by atoms with Gasteiger partial charge in [0.1, 0.15) is 0 Å². The average molecular weight is 484 g/mol. The number of nitrogens with one attached hydrogen (secondary N) is 1. The molecule has 1 fully saturated rings. The molecule has 1 aromatic heterocycles. The molecular weight excluding hydrogens is 458 g/mol. The molecule has 2 aliphatic heterocycles. The number of anilines is 2. The van der Waals surface area contributed by atoms with Crippen molar-refractivity contribution in [2.24, 2.45) is 0 Å². The number of para-hydroxylation sites is 2. The Morgan fingerprint density at radius 1 is 0.889 bits per heavy atom. The Balaban J connectivity index is 1.19. The lowest BCUT2D eigenvalue weighted by atomic mass is 10.2. The van der Waals surface area contributed by atoms with E-state index in [0.717, 1.165) is 16.6 Å². The van der Waals surface area contributed by atoms with Crippen LogP contribution in [-0.2, 0) is 6.54 Å². The number of urea groups is 1. The van der Waals surface area contributed by atoms with Crippen LogP contribution in [0.15, 0.2) is 77.6 Å². The minimum absolute atomic E-state index is 0.129. The summed E-state index contributed by atoms with van der Waals surface area (Å²) in [5.74, 6) is 1.70. The Labute approximate surface area is 207 Å². The van der Waals surface area contributed by atoms with E-state index in [1.165, 1.54) is 0 Å². The minimum atomic E-state index is -0.193. The Morgan fingerprint density at radius 2 is 1.64 bits per heavy atom. The third-order valence-corrected chi connectivity index (χ3v) is 6.51. The zero-order valence-electron chi connectivity index (χ0n) is 19.6. The standard InChI is InChI=1S/C27H25N5O4/c33-26-25(29-21-8-4-5-9-22(21)32(26)17-19-6-2-1-3-7-19)30-12-14-31(15-13-30)27(34)28-20-10-11-23-24(16-20)36-18-35-23/h1-11,16H,12-15,17-18H2,(H,28,34). The first-order chi connectivity index (χ1) is 17.7. The maximum absolute atomic E-state index is 13.6. The van der Waals surface area contributed by atoms with Gasteiger partial charge in [0.25, 0.3) is 5.56 Å². The Kier molecular flexibility index (Phi) is 5.65. The van der Waals surface area contributed by atoms with Crippen molar-refractivity contribution >= 4 is 28.6 Å². The van der Waals surface area contributed by atoms with Gasteiger partial charge in [-0.1, -0.05) is 42.5 Å². The van der Waals surface area contributed by atoms with Crippen LogP contribution in [0.1, 0.15) is 5.56 Å². The summed E-state index contributed by atoms with van der Waals surface area (Å²) in [6, 6.07) is 22.8. The van der Waals surface area contributed by atoms with E-state index in [2.05, 4.69) is 5.32 Å². The summed E-state index contributed by atoms with van der Waals surface area (Å²) in [5, 5.41) is 2.92. The normalized spacial score (nSPS) is 14.8. The molecule has 1 saturated heterocycles. The highest BCUT2D eigenvalue weighted by molar-refractivity contribution is 5.90. The van der Waals surface area contributed by atoms with Crippen LogP contribution in [0.3, 0.4) is 0 Å². The lowest BCUT2D eigenvalue weighted by Crippen LogP contribution is -2.51. The molecule has 0 spiro atoms. The van der Waals surface area contributed by atoms with Gasteiger partial charge in [0, 0.05) is 37.9 Å². The van der Waals surface area contributed by atoms with Gasteiger partial charge >= 0.3 is 6.03 Å². The molecule has 0 radical (unpaired) electrons. The van der Waals surface area contributed by atoms with E-state index < -0.39 is 0 Å². The summed E-state index contributed by atoms with van der Waals surface area (Å²) in [4.78, 5) is 34.9. The highest BCUT2D eigenvalue weighted by atomic mass is 16.7. The minimum Gasteiger partial charge on any atom is -0.454 e. The number of hydrogen-bond acceptors (Lipinski definition) is 6. The highest BCUT2D eigenvalue weighted by Crippen LogP contribution is 2.34. The molecule has 36 heavy (non-hydrogen) atoms. The molecule has 0 aliphatic carbocycles. The molecule has 0 bridgehead atoms. The number of rotatable bonds is 4. The summed E-state index contributed by atoms with van der Waals surface area (Å²) in [5.41, 5.74) is 3.14. The van der Waals surface area contributed by atoms with Gasteiger partial charge in [0.05, 0.1) is 17.6 Å². The van der Waals surface area contributed by atoms with Crippen molar-refractivity contribution in [1.82, 2.24) is 14.5 Å². The smallest absolute Gasteiger partial charge is 0.321 e. The summed E-state index contributed by atoms with van der Waals surface area (Å²) < 4.78 is 12.5. The van der Waals surface area contributed by atoms with Crippen molar-refractivity contribution in [2.45, 2.75) is 6.54 Å². The van der Waals surface area contributed by atoms with E-state index in [9.17, 15) is 9.59 Å². The molecule has 2 aliphatic rings. The lowest BCUT2D eigenvalue weighted by Gasteiger charge is -2.35. The van der Waals surface area contributed by atoms with Crippen molar-refractivity contribution in [3.05, 3.63) is 88.7 Å². The van der Waals surface area contributed by atoms with Crippen molar-refractivity contribution in [3.63, 3.8) is 0 Å². The predicted octanol–water partition coefficient (Wildman–Crippen LogP) is 3.53. The fourth-order valence-corrected chi connectivity index (χ4v) is 4.61. The van der Waals surface area contributed by atoms with Gasteiger partial charge in [-0.3, -0.25) is 9.36 Å². The molecule has 0 atom stereocenters. The van der Waals surface area contributed by atoms with Gasteiger partial charge < -0.3 is 24.6 Å². The highest BCUT2D eigenvalue weighted by Gasteiger charge is 2.25.